The van der Waals surface area contributed by atoms with Crippen molar-refractivity contribution in [1.82, 2.24) is 9.88 Å². The van der Waals surface area contributed by atoms with Crippen molar-refractivity contribution in [2.75, 3.05) is 0 Å². The van der Waals surface area contributed by atoms with Gasteiger partial charge in [-0.15, -0.1) is 0 Å². The van der Waals surface area contributed by atoms with Gasteiger partial charge in [0.1, 0.15) is 5.25 Å². The maximum Gasteiger partial charge on any atom is 0.280 e. The van der Waals surface area contributed by atoms with E-state index in [9.17, 15) is 9.59 Å². The molecule has 2 aromatic carbocycles. The van der Waals surface area contributed by atoms with Gasteiger partial charge in [0.2, 0.25) is 5.91 Å². The van der Waals surface area contributed by atoms with E-state index in [1.807, 2.05) is 48.7 Å². The lowest BCUT2D eigenvalue weighted by atomic mass is 10.1. The Bertz CT molecular complexity index is 1120. The van der Waals surface area contributed by atoms with E-state index < -0.39 is 15.7 Å². The van der Waals surface area contributed by atoms with Crippen molar-refractivity contribution < 1.29 is 9.59 Å². The average Bonchev–Trinajstić information content (AvgIpc) is 3.12. The summed E-state index contributed by atoms with van der Waals surface area (Å²) in [6.07, 6.45) is 1.93. The number of carbonyl (C=O) groups excluding carboxylic acids is 2. The normalized spacial score (nSPS) is 19.5. The Kier molecular flexibility index (Phi) is 3.94. The minimum atomic E-state index is -0.937. The molecule has 1 aliphatic rings. The monoisotopic (exact) mass is 361 g/mol. The van der Waals surface area contributed by atoms with Crippen LogP contribution < -0.4 is 5.32 Å². The summed E-state index contributed by atoms with van der Waals surface area (Å²) in [6, 6.07) is 17.4. The minimum Gasteiger partial charge on any atom is -0.343 e. The molecule has 2 atom stereocenters. The molecule has 1 N–H and O–H groups in total. The number of rotatable bonds is 3. The summed E-state index contributed by atoms with van der Waals surface area (Å²) in [5.41, 5.74) is 3.41. The van der Waals surface area contributed by atoms with Gasteiger partial charge in [-0.25, -0.2) is 0 Å². The number of imide groups is 1. The number of amides is 2. The van der Waals surface area contributed by atoms with Crippen LogP contribution in [0.25, 0.3) is 10.9 Å². The van der Waals surface area contributed by atoms with Gasteiger partial charge in [-0.1, -0.05) is 46.7 Å². The minimum absolute atomic E-state index is 0.289. The van der Waals surface area contributed by atoms with Crippen molar-refractivity contribution in [3.63, 3.8) is 0 Å². The van der Waals surface area contributed by atoms with Crippen LogP contribution >= 0.6 is 10.5 Å². The molecule has 128 valence electrons. The second kappa shape index (κ2) is 6.28. The van der Waals surface area contributed by atoms with Crippen molar-refractivity contribution in [2.24, 2.45) is 0 Å². The van der Waals surface area contributed by atoms with E-state index in [-0.39, 0.29) is 11.1 Å². The highest BCUT2D eigenvalue weighted by atomic mass is 32.2. The molecular formula is C20H15N3O2S. The number of nitrogens with one attached hydrogen (secondary N) is 1. The molecule has 5 nitrogen and oxygen atoms in total. The third-order valence-corrected chi connectivity index (χ3v) is 6.11. The first kappa shape index (κ1) is 16.3. The van der Waals surface area contributed by atoms with Crippen LogP contribution in [0.4, 0.5) is 4.79 Å². The first-order valence-corrected chi connectivity index (χ1v) is 9.48. The molecule has 1 fully saturated rings. The number of para-hydroxylation sites is 1. The quantitative estimate of drug-likeness (QED) is 0.725. The molecule has 1 saturated heterocycles. The Hall–Kier alpha value is -3.17. The van der Waals surface area contributed by atoms with Gasteiger partial charge in [0.15, 0.2) is 0 Å². The van der Waals surface area contributed by atoms with Crippen LogP contribution in [-0.4, -0.2) is 21.6 Å². The molecule has 4 rings (SSSR count). The molecule has 0 radical (unpaired) electrons. The molecule has 1 aliphatic heterocycles. The van der Waals surface area contributed by atoms with Crippen LogP contribution in [0.15, 0.2) is 54.7 Å². The highest BCUT2D eigenvalue weighted by Crippen LogP contribution is 2.42. The number of benzene rings is 2. The first-order valence-electron chi connectivity index (χ1n) is 8.03. The van der Waals surface area contributed by atoms with E-state index in [2.05, 4.69) is 21.8 Å². The number of hydrogen-bond acceptors (Lipinski definition) is 3. The highest BCUT2D eigenvalue weighted by Gasteiger charge is 2.37. The lowest BCUT2D eigenvalue weighted by Crippen LogP contribution is -2.20. The Morgan fingerprint density at radius 3 is 2.73 bits per heavy atom. The van der Waals surface area contributed by atoms with Crippen molar-refractivity contribution in [1.29, 1.82) is 5.26 Å². The van der Waals surface area contributed by atoms with Crippen LogP contribution in [-0.2, 0) is 11.3 Å². The zero-order valence-electron chi connectivity index (χ0n) is 13.8. The number of fused-ring (bicyclic) bond motifs is 1. The second-order valence-corrected chi connectivity index (χ2v) is 7.83. The topological polar surface area (TPSA) is 74.9 Å². The second-order valence-electron chi connectivity index (χ2n) is 6.13. The van der Waals surface area contributed by atoms with Crippen molar-refractivity contribution in [3.8, 4) is 6.07 Å². The molecule has 2 unspecified atom stereocenters. The van der Waals surface area contributed by atoms with Gasteiger partial charge < -0.3 is 4.57 Å². The van der Waals surface area contributed by atoms with Crippen LogP contribution in [0.1, 0.15) is 21.9 Å². The molecule has 2 heterocycles. The van der Waals surface area contributed by atoms with Gasteiger partial charge in [-0.2, -0.15) is 5.26 Å². The highest BCUT2D eigenvalue weighted by molar-refractivity contribution is 8.28. The fourth-order valence-corrected chi connectivity index (χ4v) is 4.57. The summed E-state index contributed by atoms with van der Waals surface area (Å²) in [5.74, 6) is 3.61. The Morgan fingerprint density at radius 2 is 2.00 bits per heavy atom. The van der Waals surface area contributed by atoms with Gasteiger partial charge in [0.25, 0.3) is 5.24 Å². The van der Waals surface area contributed by atoms with Crippen molar-refractivity contribution in [2.45, 2.75) is 11.8 Å². The SMILES string of the molecule is C=S1C(=O)NC(=O)C1c1cn(Cc2cccc(C#N)c2)c2ccccc12. The standard InChI is InChI=1S/C20H15N3O2S/c1-26-18(19(24)22-20(26)25)16-12-23(17-8-3-2-7-15(16)17)11-14-6-4-5-13(9-14)10-21/h2-9,12,18H,1,11H2,(H,22,24,25). The Morgan fingerprint density at radius 1 is 1.19 bits per heavy atom. The van der Waals surface area contributed by atoms with Crippen LogP contribution in [0.5, 0.6) is 0 Å². The number of carbonyl (C=O) groups is 2. The van der Waals surface area contributed by atoms with E-state index in [4.69, 9.17) is 5.26 Å². The van der Waals surface area contributed by atoms with Crippen molar-refractivity contribution >= 4 is 38.4 Å². The smallest absolute Gasteiger partial charge is 0.280 e. The fourth-order valence-electron chi connectivity index (χ4n) is 3.31. The summed E-state index contributed by atoms with van der Waals surface area (Å²) in [7, 11) is -0.937. The van der Waals surface area contributed by atoms with E-state index in [0.717, 1.165) is 22.0 Å². The molecular weight excluding hydrogens is 346 g/mol. The molecule has 1 aromatic heterocycles. The van der Waals surface area contributed by atoms with E-state index >= 15 is 0 Å². The molecule has 2 amide bonds. The summed E-state index contributed by atoms with van der Waals surface area (Å²) in [4.78, 5) is 24.1. The Balaban J connectivity index is 1.82. The molecule has 0 bridgehead atoms. The third-order valence-electron chi connectivity index (χ3n) is 4.50. The zero-order chi connectivity index (χ0) is 18.3. The van der Waals surface area contributed by atoms with E-state index in [0.29, 0.717) is 12.1 Å². The van der Waals surface area contributed by atoms with E-state index in [1.165, 1.54) is 0 Å². The summed E-state index contributed by atoms with van der Waals surface area (Å²) in [5, 5.41) is 11.6. The average molecular weight is 361 g/mol. The summed E-state index contributed by atoms with van der Waals surface area (Å²) < 4.78 is 2.05. The number of aromatic nitrogens is 1. The maximum atomic E-state index is 12.3. The fraction of sp³-hybridized carbons (Fsp3) is 0.100. The number of nitriles is 1. The van der Waals surface area contributed by atoms with E-state index in [1.54, 1.807) is 6.07 Å². The van der Waals surface area contributed by atoms with Gasteiger partial charge in [-0.3, -0.25) is 14.9 Å². The lowest BCUT2D eigenvalue weighted by molar-refractivity contribution is -0.119. The third kappa shape index (κ3) is 2.63. The van der Waals surface area contributed by atoms with Gasteiger partial charge in [-0.05, 0) is 23.8 Å². The van der Waals surface area contributed by atoms with Crippen LogP contribution in [0, 0.1) is 11.3 Å². The molecule has 0 saturated carbocycles. The number of hydrogen-bond donors (Lipinski definition) is 1. The van der Waals surface area contributed by atoms with Crippen molar-refractivity contribution in [3.05, 3.63) is 71.4 Å². The summed E-state index contributed by atoms with van der Waals surface area (Å²) >= 11 is 0. The predicted molar refractivity (Wildman–Crippen MR) is 103 cm³/mol. The Labute approximate surface area is 152 Å². The molecule has 6 heteroatoms. The molecule has 0 aliphatic carbocycles. The molecule has 0 spiro atoms. The first-order chi connectivity index (χ1) is 12.6. The van der Waals surface area contributed by atoms with Crippen LogP contribution in [0.2, 0.25) is 0 Å². The molecule has 26 heavy (non-hydrogen) atoms. The molecule has 3 aromatic rings. The predicted octanol–water partition coefficient (Wildman–Crippen LogP) is 3.55. The summed E-state index contributed by atoms with van der Waals surface area (Å²) in [6.45, 7) is 0.573. The van der Waals surface area contributed by atoms with Gasteiger partial charge in [0.05, 0.1) is 11.6 Å². The zero-order valence-corrected chi connectivity index (χ0v) is 14.6. The maximum absolute atomic E-state index is 12.3. The van der Waals surface area contributed by atoms with Gasteiger partial charge >= 0.3 is 0 Å². The van der Waals surface area contributed by atoms with Crippen LogP contribution in [0.3, 0.4) is 0 Å². The van der Waals surface area contributed by atoms with Gasteiger partial charge in [0, 0.05) is 29.2 Å². The lowest BCUT2D eigenvalue weighted by Gasteiger charge is -2.07. The number of nitrogens with zero attached hydrogens (tertiary/aromatic N) is 2. The largest absolute Gasteiger partial charge is 0.343 e.